The smallest absolute Gasteiger partial charge is 0.189 e. The molecule has 0 atom stereocenters. The van der Waals surface area contributed by atoms with Crippen molar-refractivity contribution >= 4 is 26.8 Å². The Labute approximate surface area is 108 Å². The van der Waals surface area contributed by atoms with Crippen LogP contribution in [0, 0.1) is 0 Å². The molecule has 0 unspecified atom stereocenters. The van der Waals surface area contributed by atoms with Crippen LogP contribution in [0.1, 0.15) is 25.6 Å². The van der Waals surface area contributed by atoms with Gasteiger partial charge in [-0.2, -0.15) is 0 Å². The highest BCUT2D eigenvalue weighted by Gasteiger charge is 2.11. The van der Waals surface area contributed by atoms with E-state index in [9.17, 15) is 9.90 Å². The molecule has 0 bridgehead atoms. The number of hydrogen-bond donors (Lipinski definition) is 1. The van der Waals surface area contributed by atoms with Crippen LogP contribution in [-0.4, -0.2) is 9.67 Å². The van der Waals surface area contributed by atoms with Gasteiger partial charge in [-0.3, -0.25) is 4.79 Å². The minimum atomic E-state index is -0.129. The van der Waals surface area contributed by atoms with Crippen LogP contribution in [0.25, 0.3) is 10.9 Å². The van der Waals surface area contributed by atoms with E-state index >= 15 is 0 Å². The molecule has 0 aliphatic rings. The number of pyridine rings is 1. The summed E-state index contributed by atoms with van der Waals surface area (Å²) in [7, 11) is 0. The lowest BCUT2D eigenvalue weighted by atomic mass is 10.1. The quantitative estimate of drug-likeness (QED) is 0.926. The van der Waals surface area contributed by atoms with Crippen molar-refractivity contribution in [2.24, 2.45) is 0 Å². The van der Waals surface area contributed by atoms with Crippen molar-refractivity contribution in [2.45, 2.75) is 26.5 Å². The van der Waals surface area contributed by atoms with E-state index in [1.807, 2.05) is 36.6 Å². The van der Waals surface area contributed by atoms with Gasteiger partial charge in [-0.05, 0) is 32.0 Å². The van der Waals surface area contributed by atoms with E-state index in [0.29, 0.717) is 11.1 Å². The molecule has 90 valence electrons. The van der Waals surface area contributed by atoms with Crippen LogP contribution in [0.2, 0.25) is 0 Å². The number of aliphatic hydroxyl groups is 1. The molecule has 0 fully saturated rings. The molecule has 3 nitrogen and oxygen atoms in total. The first-order valence-corrected chi connectivity index (χ1v) is 6.28. The standard InChI is InChI=1S/C13H14BrNO2/c1-8(2)15-10(7-16)6-13(17)11-4-3-9(14)5-12(11)15/h3-6,8,16H,7H2,1-2H3. The topological polar surface area (TPSA) is 42.2 Å². The molecule has 4 heteroatoms. The van der Waals surface area contributed by atoms with Gasteiger partial charge < -0.3 is 9.67 Å². The average molecular weight is 296 g/mol. The second kappa shape index (κ2) is 4.63. The Bertz CT molecular complexity index is 617. The molecule has 17 heavy (non-hydrogen) atoms. The van der Waals surface area contributed by atoms with Crippen molar-refractivity contribution in [1.82, 2.24) is 4.57 Å². The maximum atomic E-state index is 11.9. The molecular weight excluding hydrogens is 282 g/mol. The van der Waals surface area contributed by atoms with Crippen molar-refractivity contribution in [3.63, 3.8) is 0 Å². The van der Waals surface area contributed by atoms with Crippen LogP contribution in [-0.2, 0) is 6.61 Å². The molecule has 1 N–H and O–H groups in total. The van der Waals surface area contributed by atoms with Crippen LogP contribution in [0.15, 0.2) is 33.5 Å². The van der Waals surface area contributed by atoms with E-state index < -0.39 is 0 Å². The molecule has 0 spiro atoms. The Kier molecular flexibility index (Phi) is 3.35. The first kappa shape index (κ1) is 12.3. The zero-order valence-corrected chi connectivity index (χ0v) is 11.4. The Morgan fingerprint density at radius 2 is 2.06 bits per heavy atom. The number of benzene rings is 1. The number of nitrogens with zero attached hydrogens (tertiary/aromatic N) is 1. The molecule has 1 aromatic heterocycles. The third-order valence-corrected chi connectivity index (χ3v) is 3.26. The van der Waals surface area contributed by atoms with Crippen molar-refractivity contribution in [2.75, 3.05) is 0 Å². The molecule has 0 aliphatic heterocycles. The van der Waals surface area contributed by atoms with Crippen LogP contribution >= 0.6 is 15.9 Å². The minimum absolute atomic E-state index is 0.0477. The maximum Gasteiger partial charge on any atom is 0.189 e. The molecule has 0 aliphatic carbocycles. The molecule has 0 saturated heterocycles. The molecule has 2 rings (SSSR count). The number of aliphatic hydroxyl groups excluding tert-OH is 1. The third kappa shape index (κ3) is 2.15. The van der Waals surface area contributed by atoms with Gasteiger partial charge in [-0.25, -0.2) is 0 Å². The molecule has 0 saturated carbocycles. The fraction of sp³-hybridized carbons (Fsp3) is 0.308. The van der Waals surface area contributed by atoms with Gasteiger partial charge >= 0.3 is 0 Å². The largest absolute Gasteiger partial charge is 0.390 e. The van der Waals surface area contributed by atoms with Gasteiger partial charge in [-0.1, -0.05) is 15.9 Å². The second-order valence-electron chi connectivity index (χ2n) is 4.28. The fourth-order valence-electron chi connectivity index (χ4n) is 2.10. The highest BCUT2D eigenvalue weighted by molar-refractivity contribution is 9.10. The van der Waals surface area contributed by atoms with E-state index in [0.717, 1.165) is 9.99 Å². The lowest BCUT2D eigenvalue weighted by molar-refractivity contribution is 0.268. The van der Waals surface area contributed by atoms with Crippen molar-refractivity contribution in [3.05, 3.63) is 44.7 Å². The predicted molar refractivity (Wildman–Crippen MR) is 72.2 cm³/mol. The van der Waals surface area contributed by atoms with Gasteiger partial charge in [0, 0.05) is 27.7 Å². The second-order valence-corrected chi connectivity index (χ2v) is 5.20. The molecule has 1 aromatic carbocycles. The first-order chi connectivity index (χ1) is 8.04. The molecule has 2 aromatic rings. The summed E-state index contributed by atoms with van der Waals surface area (Å²) in [5, 5.41) is 10.0. The van der Waals surface area contributed by atoms with Crippen molar-refractivity contribution < 1.29 is 5.11 Å². The van der Waals surface area contributed by atoms with Gasteiger partial charge in [0.2, 0.25) is 0 Å². The normalized spacial score (nSPS) is 11.4. The van der Waals surface area contributed by atoms with Crippen LogP contribution in [0.3, 0.4) is 0 Å². The zero-order valence-electron chi connectivity index (χ0n) is 9.77. The molecule has 0 amide bonds. The zero-order chi connectivity index (χ0) is 12.6. The number of halogens is 1. The lowest BCUT2D eigenvalue weighted by Crippen LogP contribution is -2.16. The van der Waals surface area contributed by atoms with E-state index in [4.69, 9.17) is 0 Å². The summed E-state index contributed by atoms with van der Waals surface area (Å²) in [5.74, 6) is 0. The van der Waals surface area contributed by atoms with Crippen LogP contribution in [0.5, 0.6) is 0 Å². The van der Waals surface area contributed by atoms with Crippen LogP contribution in [0.4, 0.5) is 0 Å². The molecule has 0 radical (unpaired) electrons. The number of hydrogen-bond acceptors (Lipinski definition) is 2. The van der Waals surface area contributed by atoms with Gasteiger partial charge in [0.05, 0.1) is 12.1 Å². The fourth-order valence-corrected chi connectivity index (χ4v) is 2.45. The maximum absolute atomic E-state index is 11.9. The van der Waals surface area contributed by atoms with Crippen molar-refractivity contribution in [1.29, 1.82) is 0 Å². The predicted octanol–water partition coefficient (Wildman–Crippen LogP) is 2.84. The third-order valence-electron chi connectivity index (χ3n) is 2.77. The van der Waals surface area contributed by atoms with E-state index in [1.165, 1.54) is 6.07 Å². The van der Waals surface area contributed by atoms with Gasteiger partial charge in [-0.15, -0.1) is 0 Å². The highest BCUT2D eigenvalue weighted by atomic mass is 79.9. The summed E-state index contributed by atoms with van der Waals surface area (Å²) in [6.45, 7) is 3.93. The lowest BCUT2D eigenvalue weighted by Gasteiger charge is -2.19. The Morgan fingerprint density at radius 3 is 2.65 bits per heavy atom. The van der Waals surface area contributed by atoms with E-state index in [-0.39, 0.29) is 18.1 Å². The highest BCUT2D eigenvalue weighted by Crippen LogP contribution is 2.22. The Balaban J connectivity index is 2.95. The van der Waals surface area contributed by atoms with E-state index in [2.05, 4.69) is 15.9 Å². The minimum Gasteiger partial charge on any atom is -0.390 e. The van der Waals surface area contributed by atoms with Crippen LogP contribution < -0.4 is 5.43 Å². The van der Waals surface area contributed by atoms with Gasteiger partial charge in [0.25, 0.3) is 0 Å². The number of fused-ring (bicyclic) bond motifs is 1. The Morgan fingerprint density at radius 1 is 1.35 bits per heavy atom. The monoisotopic (exact) mass is 295 g/mol. The Hall–Kier alpha value is -1.13. The SMILES string of the molecule is CC(C)n1c(CO)cc(=O)c2ccc(Br)cc21. The van der Waals surface area contributed by atoms with Crippen molar-refractivity contribution in [3.8, 4) is 0 Å². The number of rotatable bonds is 2. The first-order valence-electron chi connectivity index (χ1n) is 5.49. The average Bonchev–Trinajstić information content (AvgIpc) is 2.27. The summed E-state index contributed by atoms with van der Waals surface area (Å²) in [4.78, 5) is 11.9. The van der Waals surface area contributed by atoms with Gasteiger partial charge in [0.15, 0.2) is 5.43 Å². The molecular formula is C13H14BrNO2. The summed E-state index contributed by atoms with van der Waals surface area (Å²) in [5.41, 5.74) is 1.45. The molecule has 1 heterocycles. The van der Waals surface area contributed by atoms with Gasteiger partial charge in [0.1, 0.15) is 0 Å². The van der Waals surface area contributed by atoms with E-state index in [1.54, 1.807) is 0 Å². The number of aromatic nitrogens is 1. The summed E-state index contributed by atoms with van der Waals surface area (Å²) in [6.07, 6.45) is 0. The summed E-state index contributed by atoms with van der Waals surface area (Å²) < 4.78 is 2.91. The summed E-state index contributed by atoms with van der Waals surface area (Å²) >= 11 is 3.41. The summed E-state index contributed by atoms with van der Waals surface area (Å²) in [6, 6.07) is 7.27.